The molecule has 0 fully saturated rings. The fraction of sp³-hybridized carbons (Fsp3) is 0. The van der Waals surface area contributed by atoms with Crippen LogP contribution in [0.1, 0.15) is 0 Å². The van der Waals surface area contributed by atoms with Crippen LogP contribution in [-0.2, 0) is 0 Å². The van der Waals surface area contributed by atoms with Gasteiger partial charge in [-0.3, -0.25) is 9.97 Å². The van der Waals surface area contributed by atoms with Crippen LogP contribution in [-0.4, -0.2) is 9.97 Å². The lowest BCUT2D eigenvalue weighted by Gasteiger charge is -1.99. The maximum Gasteiger partial charge on any atom is 0.161 e. The summed E-state index contributed by atoms with van der Waals surface area (Å²) in [5.74, 6) is 0.717. The SMILES string of the molecule is Clc1cc2cc(-c3ccccn3)oc2c2ncccc12. The van der Waals surface area contributed by atoms with Crippen molar-refractivity contribution in [3.8, 4) is 11.5 Å². The van der Waals surface area contributed by atoms with E-state index < -0.39 is 0 Å². The molecule has 0 aliphatic heterocycles. The molecule has 3 nitrogen and oxygen atoms in total. The van der Waals surface area contributed by atoms with Crippen molar-refractivity contribution in [2.45, 2.75) is 0 Å². The Bertz CT molecular complexity index is 916. The van der Waals surface area contributed by atoms with E-state index >= 15 is 0 Å². The van der Waals surface area contributed by atoms with E-state index in [1.54, 1.807) is 12.4 Å². The largest absolute Gasteiger partial charge is 0.452 e. The summed E-state index contributed by atoms with van der Waals surface area (Å²) in [6.07, 6.45) is 3.48. The van der Waals surface area contributed by atoms with Crippen LogP contribution >= 0.6 is 11.6 Å². The van der Waals surface area contributed by atoms with Crippen LogP contribution in [0.5, 0.6) is 0 Å². The first-order valence-corrected chi connectivity index (χ1v) is 6.59. The highest BCUT2D eigenvalue weighted by molar-refractivity contribution is 6.37. The maximum atomic E-state index is 6.29. The monoisotopic (exact) mass is 280 g/mol. The summed E-state index contributed by atoms with van der Waals surface area (Å²) < 4.78 is 5.94. The summed E-state index contributed by atoms with van der Waals surface area (Å²) in [5, 5.41) is 2.50. The van der Waals surface area contributed by atoms with Gasteiger partial charge in [0.15, 0.2) is 11.3 Å². The molecular weight excluding hydrogens is 272 g/mol. The summed E-state index contributed by atoms with van der Waals surface area (Å²) in [5.41, 5.74) is 2.31. The minimum absolute atomic E-state index is 0.675. The number of halogens is 1. The van der Waals surface area contributed by atoms with Gasteiger partial charge in [0, 0.05) is 23.2 Å². The first-order valence-electron chi connectivity index (χ1n) is 6.21. The summed E-state index contributed by atoms with van der Waals surface area (Å²) in [6, 6.07) is 13.4. The normalized spacial score (nSPS) is 11.2. The smallest absolute Gasteiger partial charge is 0.161 e. The Labute approximate surface area is 119 Å². The molecule has 0 bridgehead atoms. The molecule has 0 amide bonds. The van der Waals surface area contributed by atoms with Crippen molar-refractivity contribution >= 4 is 33.5 Å². The number of aromatic nitrogens is 2. The molecule has 0 N–H and O–H groups in total. The van der Waals surface area contributed by atoms with Gasteiger partial charge in [-0.1, -0.05) is 17.7 Å². The molecule has 0 atom stereocenters. The zero-order chi connectivity index (χ0) is 13.5. The number of rotatable bonds is 1. The molecule has 20 heavy (non-hydrogen) atoms. The van der Waals surface area contributed by atoms with E-state index in [1.165, 1.54) is 0 Å². The van der Waals surface area contributed by atoms with Crippen molar-refractivity contribution in [3.63, 3.8) is 0 Å². The predicted octanol–water partition coefficient (Wildman–Crippen LogP) is 4.70. The third-order valence-corrected chi connectivity index (χ3v) is 3.55. The highest BCUT2D eigenvalue weighted by Crippen LogP contribution is 2.34. The number of fused-ring (bicyclic) bond motifs is 3. The summed E-state index contributed by atoms with van der Waals surface area (Å²) in [4.78, 5) is 8.68. The van der Waals surface area contributed by atoms with Crippen LogP contribution in [0.2, 0.25) is 5.02 Å². The van der Waals surface area contributed by atoms with Crippen molar-refractivity contribution in [2.24, 2.45) is 0 Å². The molecule has 1 aromatic carbocycles. The van der Waals surface area contributed by atoms with Crippen LogP contribution in [0.25, 0.3) is 33.3 Å². The highest BCUT2D eigenvalue weighted by atomic mass is 35.5. The second kappa shape index (κ2) is 4.32. The van der Waals surface area contributed by atoms with Crippen molar-refractivity contribution < 1.29 is 4.42 Å². The third kappa shape index (κ3) is 1.67. The lowest BCUT2D eigenvalue weighted by atomic mass is 10.1. The van der Waals surface area contributed by atoms with E-state index in [0.717, 1.165) is 33.3 Å². The van der Waals surface area contributed by atoms with Gasteiger partial charge in [-0.25, -0.2) is 0 Å². The molecule has 0 spiro atoms. The molecule has 0 aliphatic rings. The molecule has 0 saturated carbocycles. The van der Waals surface area contributed by atoms with Crippen molar-refractivity contribution in [3.05, 3.63) is 59.9 Å². The Balaban J connectivity index is 2.07. The van der Waals surface area contributed by atoms with Gasteiger partial charge in [0.25, 0.3) is 0 Å². The first-order chi connectivity index (χ1) is 9.83. The number of benzene rings is 1. The topological polar surface area (TPSA) is 38.9 Å². The third-order valence-electron chi connectivity index (χ3n) is 3.24. The molecule has 96 valence electrons. The second-order valence-corrected chi connectivity index (χ2v) is 4.91. The van der Waals surface area contributed by atoms with Gasteiger partial charge >= 0.3 is 0 Å². The van der Waals surface area contributed by atoms with Gasteiger partial charge in [0.2, 0.25) is 0 Å². The fourth-order valence-corrected chi connectivity index (χ4v) is 2.60. The molecule has 0 radical (unpaired) electrons. The van der Waals surface area contributed by atoms with E-state index in [4.69, 9.17) is 16.0 Å². The van der Waals surface area contributed by atoms with Gasteiger partial charge in [0.1, 0.15) is 11.2 Å². The summed E-state index contributed by atoms with van der Waals surface area (Å²) in [7, 11) is 0. The maximum absolute atomic E-state index is 6.29. The fourth-order valence-electron chi connectivity index (χ4n) is 2.33. The van der Waals surface area contributed by atoms with Crippen molar-refractivity contribution in [1.82, 2.24) is 9.97 Å². The zero-order valence-corrected chi connectivity index (χ0v) is 11.1. The second-order valence-electron chi connectivity index (χ2n) is 4.50. The van der Waals surface area contributed by atoms with Gasteiger partial charge < -0.3 is 4.42 Å². The number of hydrogen-bond donors (Lipinski definition) is 0. The molecule has 0 saturated heterocycles. The van der Waals surface area contributed by atoms with Gasteiger partial charge in [-0.15, -0.1) is 0 Å². The number of pyridine rings is 2. The van der Waals surface area contributed by atoms with Gasteiger partial charge in [-0.05, 0) is 36.4 Å². The van der Waals surface area contributed by atoms with E-state index in [1.807, 2.05) is 42.5 Å². The standard InChI is InChI=1S/C16H9ClN2O/c17-12-8-10-9-14(13-5-1-2-6-18-13)20-16(10)15-11(12)4-3-7-19-15/h1-9H. The van der Waals surface area contributed by atoms with Crippen molar-refractivity contribution in [2.75, 3.05) is 0 Å². The van der Waals surface area contributed by atoms with E-state index in [9.17, 15) is 0 Å². The molecule has 0 aliphatic carbocycles. The van der Waals surface area contributed by atoms with Crippen LogP contribution in [0.4, 0.5) is 0 Å². The van der Waals surface area contributed by atoms with E-state index in [0.29, 0.717) is 5.02 Å². The van der Waals surface area contributed by atoms with Crippen molar-refractivity contribution in [1.29, 1.82) is 0 Å². The summed E-state index contributed by atoms with van der Waals surface area (Å²) in [6.45, 7) is 0. The van der Waals surface area contributed by atoms with Crippen LogP contribution in [0, 0.1) is 0 Å². The average molecular weight is 281 g/mol. The lowest BCUT2D eigenvalue weighted by Crippen LogP contribution is -1.79. The molecular formula is C16H9ClN2O. The van der Waals surface area contributed by atoms with Gasteiger partial charge in [0.05, 0.1) is 5.02 Å². The van der Waals surface area contributed by atoms with Crippen LogP contribution in [0.15, 0.2) is 59.3 Å². The van der Waals surface area contributed by atoms with Crippen LogP contribution < -0.4 is 0 Å². The highest BCUT2D eigenvalue weighted by Gasteiger charge is 2.12. The minimum atomic E-state index is 0.675. The number of nitrogens with zero attached hydrogens (tertiary/aromatic N) is 2. The average Bonchev–Trinajstić information content (AvgIpc) is 2.93. The molecule has 3 aromatic heterocycles. The zero-order valence-electron chi connectivity index (χ0n) is 10.4. The Hall–Kier alpha value is -2.39. The Morgan fingerprint density at radius 3 is 2.70 bits per heavy atom. The molecule has 4 aromatic rings. The summed E-state index contributed by atoms with van der Waals surface area (Å²) >= 11 is 6.29. The Morgan fingerprint density at radius 1 is 0.950 bits per heavy atom. The Morgan fingerprint density at radius 2 is 1.85 bits per heavy atom. The quantitative estimate of drug-likeness (QED) is 0.507. The predicted molar refractivity (Wildman–Crippen MR) is 79.8 cm³/mol. The van der Waals surface area contributed by atoms with Crippen LogP contribution in [0.3, 0.4) is 0 Å². The number of hydrogen-bond acceptors (Lipinski definition) is 3. The minimum Gasteiger partial charge on any atom is -0.452 e. The molecule has 4 heteroatoms. The molecule has 0 unspecified atom stereocenters. The van der Waals surface area contributed by atoms with Gasteiger partial charge in [-0.2, -0.15) is 0 Å². The first kappa shape index (κ1) is 11.4. The molecule has 3 heterocycles. The Kier molecular flexibility index (Phi) is 2.47. The van der Waals surface area contributed by atoms with E-state index in [2.05, 4.69) is 9.97 Å². The molecule has 4 rings (SSSR count). The van der Waals surface area contributed by atoms with E-state index in [-0.39, 0.29) is 0 Å². The number of furan rings is 1. The lowest BCUT2D eigenvalue weighted by molar-refractivity contribution is 0.631.